The van der Waals surface area contributed by atoms with Crippen LogP contribution in [0.15, 0.2) is 0 Å². The molecule has 0 spiro atoms. The third kappa shape index (κ3) is 0.818. The van der Waals surface area contributed by atoms with Crippen LogP contribution >= 0.6 is 0 Å². The van der Waals surface area contributed by atoms with E-state index in [0.717, 1.165) is 0 Å². The molecule has 2 rings (SSSR count). The number of nitrogens with zero attached hydrogens (tertiary/aromatic N) is 1. The molecule has 1 saturated carbocycles. The second-order valence-electron chi connectivity index (χ2n) is 3.22. The quantitative estimate of drug-likeness (QED) is 0.543. The van der Waals surface area contributed by atoms with Crippen LogP contribution in [0.4, 0.5) is 4.79 Å². The molecule has 0 aromatic carbocycles. The number of carbonyl (C=O) groups excluding carboxylic acids is 1. The molecule has 0 unspecified atom stereocenters. The highest BCUT2D eigenvalue weighted by molar-refractivity contribution is 5.89. The molecule has 0 aromatic heterocycles. The molecule has 0 bridgehead atoms. The first kappa shape index (κ1) is 6.64. The van der Waals surface area contributed by atoms with E-state index in [0.29, 0.717) is 25.4 Å². The van der Waals surface area contributed by atoms with Gasteiger partial charge in [0.15, 0.2) is 0 Å². The second-order valence-corrected chi connectivity index (χ2v) is 3.22. The van der Waals surface area contributed by atoms with Gasteiger partial charge in [-0.2, -0.15) is 0 Å². The normalized spacial score (nSPS) is 34.9. The largest absolute Gasteiger partial charge is 0.465 e. The van der Waals surface area contributed by atoms with E-state index >= 15 is 0 Å². The summed E-state index contributed by atoms with van der Waals surface area (Å²) >= 11 is 0. The smallest absolute Gasteiger partial charge is 0.407 e. The number of fused-ring (bicyclic) bond motifs is 1. The molecule has 1 amide bonds. The molecule has 0 aromatic rings. The summed E-state index contributed by atoms with van der Waals surface area (Å²) in [5.74, 6) is 0.600. The van der Waals surface area contributed by atoms with Gasteiger partial charge in [0.05, 0.1) is 0 Å². The van der Waals surface area contributed by atoms with Crippen molar-refractivity contribution in [3.8, 4) is 0 Å². The third-order valence-electron chi connectivity index (χ3n) is 2.59. The molecule has 2 atom stereocenters. The topological polar surface area (TPSA) is 57.6 Å². The molecule has 60 valence electrons. The fourth-order valence-electron chi connectivity index (χ4n) is 1.85. The first-order chi connectivity index (χ1) is 5.18. The van der Waals surface area contributed by atoms with Gasteiger partial charge in [-0.15, -0.1) is 0 Å². The number of hydrogen-bond acceptors (Lipinski definition) is 2. The maximum atomic E-state index is 10.9. The maximum absolute atomic E-state index is 10.9. The van der Waals surface area contributed by atoms with Crippen LogP contribution in [0.1, 0.15) is 6.42 Å². The van der Waals surface area contributed by atoms with Crippen LogP contribution in [-0.4, -0.2) is 35.0 Å². The molecule has 2 aliphatic rings. The van der Waals surface area contributed by atoms with E-state index in [9.17, 15) is 9.59 Å². The molecule has 4 heteroatoms. The Morgan fingerprint density at radius 3 is 2.73 bits per heavy atom. The van der Waals surface area contributed by atoms with Crippen molar-refractivity contribution in [1.82, 2.24) is 4.90 Å². The zero-order valence-electron chi connectivity index (χ0n) is 5.99. The summed E-state index contributed by atoms with van der Waals surface area (Å²) in [7, 11) is 0. The Morgan fingerprint density at radius 1 is 1.55 bits per heavy atom. The molecule has 0 radical (unpaired) electrons. The van der Waals surface area contributed by atoms with E-state index in [1.54, 1.807) is 0 Å². The highest BCUT2D eigenvalue weighted by atomic mass is 16.4. The van der Waals surface area contributed by atoms with Gasteiger partial charge >= 0.3 is 6.09 Å². The van der Waals surface area contributed by atoms with Crippen LogP contribution in [0.25, 0.3) is 0 Å². The first-order valence-corrected chi connectivity index (χ1v) is 3.69. The Morgan fingerprint density at radius 2 is 2.27 bits per heavy atom. The monoisotopic (exact) mass is 155 g/mol. The number of likely N-dealkylation sites (tertiary alicyclic amines) is 1. The van der Waals surface area contributed by atoms with Crippen LogP contribution in [0.3, 0.4) is 0 Å². The first-order valence-electron chi connectivity index (χ1n) is 3.69. The molecular formula is C7H9NO3. The molecule has 1 N–H and O–H groups in total. The molecule has 4 nitrogen and oxygen atoms in total. The highest BCUT2D eigenvalue weighted by Crippen LogP contribution is 2.37. The summed E-state index contributed by atoms with van der Waals surface area (Å²) in [6.07, 6.45) is -0.304. The van der Waals surface area contributed by atoms with Gasteiger partial charge in [0.1, 0.15) is 5.78 Å². The molecule has 1 aliphatic carbocycles. The second kappa shape index (κ2) is 1.96. The van der Waals surface area contributed by atoms with Crippen molar-refractivity contribution >= 4 is 11.9 Å². The number of carboxylic acid groups (broad SMARTS) is 1. The summed E-state index contributed by atoms with van der Waals surface area (Å²) in [6.45, 7) is 0.991. The van der Waals surface area contributed by atoms with Crippen LogP contribution < -0.4 is 0 Å². The van der Waals surface area contributed by atoms with Crippen LogP contribution in [0.2, 0.25) is 0 Å². The maximum Gasteiger partial charge on any atom is 0.407 e. The van der Waals surface area contributed by atoms with E-state index in [1.807, 2.05) is 0 Å². The Kier molecular flexibility index (Phi) is 1.19. The van der Waals surface area contributed by atoms with Gasteiger partial charge in [0.2, 0.25) is 0 Å². The van der Waals surface area contributed by atoms with E-state index in [1.165, 1.54) is 4.90 Å². The summed E-state index contributed by atoms with van der Waals surface area (Å²) < 4.78 is 0. The lowest BCUT2D eigenvalue weighted by Crippen LogP contribution is -2.35. The summed E-state index contributed by atoms with van der Waals surface area (Å²) in [5, 5.41) is 8.58. The van der Waals surface area contributed by atoms with Gasteiger partial charge in [-0.25, -0.2) is 4.79 Å². The minimum absolute atomic E-state index is 0.0334. The van der Waals surface area contributed by atoms with Crippen molar-refractivity contribution in [2.24, 2.45) is 11.8 Å². The van der Waals surface area contributed by atoms with Crippen molar-refractivity contribution in [3.63, 3.8) is 0 Å². The zero-order valence-corrected chi connectivity index (χ0v) is 5.99. The van der Waals surface area contributed by atoms with Gasteiger partial charge in [0, 0.05) is 25.4 Å². The summed E-state index contributed by atoms with van der Waals surface area (Å²) in [5.41, 5.74) is 0. The average Bonchev–Trinajstić information content (AvgIpc) is 2.26. The average molecular weight is 155 g/mol. The Hall–Kier alpha value is -1.06. The number of Topliss-reactive ketones (excluding diaryl/α,β-unsaturated/α-hetero) is 1. The molecule has 1 heterocycles. The van der Waals surface area contributed by atoms with E-state index < -0.39 is 6.09 Å². The zero-order chi connectivity index (χ0) is 8.01. The van der Waals surface area contributed by atoms with Crippen molar-refractivity contribution in [2.45, 2.75) is 6.42 Å². The standard InChI is InChI=1S/C7H9NO3/c9-6-1-4-2-8(7(10)11)3-5(4)6/h4-5H,1-3H2,(H,10,11)/t4-,5+/m1/s1. The highest BCUT2D eigenvalue weighted by Gasteiger charge is 2.47. The van der Waals surface area contributed by atoms with E-state index in [4.69, 9.17) is 5.11 Å². The summed E-state index contributed by atoms with van der Waals surface area (Å²) in [4.78, 5) is 22.6. The number of hydrogen-bond donors (Lipinski definition) is 1. The fraction of sp³-hybridized carbons (Fsp3) is 0.714. The number of rotatable bonds is 0. The van der Waals surface area contributed by atoms with Crippen LogP contribution in [0, 0.1) is 11.8 Å². The molecule has 11 heavy (non-hydrogen) atoms. The number of amides is 1. The minimum atomic E-state index is -0.896. The molecule has 1 aliphatic heterocycles. The van der Waals surface area contributed by atoms with Gasteiger partial charge in [-0.1, -0.05) is 0 Å². The van der Waals surface area contributed by atoms with E-state index in [-0.39, 0.29) is 11.7 Å². The Balaban J connectivity index is 2.04. The lowest BCUT2D eigenvalue weighted by molar-refractivity contribution is -0.131. The van der Waals surface area contributed by atoms with Crippen molar-refractivity contribution < 1.29 is 14.7 Å². The lowest BCUT2D eigenvalue weighted by Gasteiger charge is -2.25. The van der Waals surface area contributed by atoms with Gasteiger partial charge in [0.25, 0.3) is 0 Å². The Labute approximate surface area is 63.8 Å². The van der Waals surface area contributed by atoms with Gasteiger partial charge in [-0.05, 0) is 5.92 Å². The fourth-order valence-corrected chi connectivity index (χ4v) is 1.85. The van der Waals surface area contributed by atoms with Gasteiger partial charge in [-0.3, -0.25) is 4.79 Å². The van der Waals surface area contributed by atoms with Crippen LogP contribution in [-0.2, 0) is 4.79 Å². The van der Waals surface area contributed by atoms with Crippen molar-refractivity contribution in [1.29, 1.82) is 0 Å². The summed E-state index contributed by atoms with van der Waals surface area (Å²) in [6, 6.07) is 0. The van der Waals surface area contributed by atoms with Crippen molar-refractivity contribution in [3.05, 3.63) is 0 Å². The third-order valence-corrected chi connectivity index (χ3v) is 2.59. The van der Waals surface area contributed by atoms with Gasteiger partial charge < -0.3 is 10.0 Å². The van der Waals surface area contributed by atoms with Crippen LogP contribution in [0.5, 0.6) is 0 Å². The van der Waals surface area contributed by atoms with E-state index in [2.05, 4.69) is 0 Å². The molecule has 1 saturated heterocycles. The van der Waals surface area contributed by atoms with Crippen molar-refractivity contribution in [2.75, 3.05) is 13.1 Å². The minimum Gasteiger partial charge on any atom is -0.465 e. The predicted octanol–water partition coefficient (Wildman–Crippen LogP) is 0.185. The Bertz CT molecular complexity index is 226. The molecular weight excluding hydrogens is 146 g/mol. The molecule has 2 fully saturated rings. The number of ketones is 1. The SMILES string of the molecule is O=C1C[C@@H]2CN(C(=O)O)C[C@H]12. The number of carbonyl (C=O) groups is 2. The lowest BCUT2D eigenvalue weighted by atomic mass is 9.75. The predicted molar refractivity (Wildman–Crippen MR) is 36.2 cm³/mol.